The van der Waals surface area contributed by atoms with E-state index in [1.54, 1.807) is 31.4 Å². The lowest BCUT2D eigenvalue weighted by Crippen LogP contribution is -2.05. The van der Waals surface area contributed by atoms with Crippen LogP contribution in [0.1, 0.15) is 10.4 Å². The fourth-order valence-corrected chi connectivity index (χ4v) is 1.51. The number of hydrogen-bond donors (Lipinski definition) is 2. The lowest BCUT2D eigenvalue weighted by Gasteiger charge is -2.09. The molecule has 1 aromatic carbocycles. The molecule has 98 valence electrons. The van der Waals surface area contributed by atoms with Gasteiger partial charge in [-0.1, -0.05) is 0 Å². The summed E-state index contributed by atoms with van der Waals surface area (Å²) in [4.78, 5) is 14.7. The molecular weight excluding hydrogens is 251 g/mol. The molecule has 0 bridgehead atoms. The van der Waals surface area contributed by atoms with Crippen LogP contribution in [0.4, 0.5) is 15.9 Å². The Morgan fingerprint density at radius 1 is 1.37 bits per heavy atom. The van der Waals surface area contributed by atoms with Crippen LogP contribution in [0, 0.1) is 5.82 Å². The van der Waals surface area contributed by atoms with Gasteiger partial charge >= 0.3 is 5.97 Å². The number of carbonyl (C=O) groups is 1. The minimum atomic E-state index is -1.25. The molecule has 0 spiro atoms. The summed E-state index contributed by atoms with van der Waals surface area (Å²) in [5.41, 5.74) is 0.401. The van der Waals surface area contributed by atoms with Crippen LogP contribution in [-0.4, -0.2) is 23.2 Å². The van der Waals surface area contributed by atoms with Crippen molar-refractivity contribution in [3.05, 3.63) is 47.9 Å². The van der Waals surface area contributed by atoms with Crippen LogP contribution in [0.15, 0.2) is 36.5 Å². The van der Waals surface area contributed by atoms with Crippen molar-refractivity contribution in [2.45, 2.75) is 0 Å². The number of methoxy groups -OCH3 is 1. The quantitative estimate of drug-likeness (QED) is 0.886. The largest absolute Gasteiger partial charge is 0.497 e. The molecule has 5 nitrogen and oxygen atoms in total. The SMILES string of the molecule is COc1ccc(Nc2ncc(F)cc2C(=O)O)cc1. The minimum absolute atomic E-state index is 0.0825. The standard InChI is InChI=1S/C13H11FN2O3/c1-19-10-4-2-9(3-5-10)16-12-11(13(17)18)6-8(14)7-15-12/h2-7H,1H3,(H,15,16)(H,17,18). The highest BCUT2D eigenvalue weighted by atomic mass is 19.1. The molecule has 6 heteroatoms. The van der Waals surface area contributed by atoms with Crippen molar-refractivity contribution in [2.75, 3.05) is 12.4 Å². The van der Waals surface area contributed by atoms with Crippen LogP contribution in [0.5, 0.6) is 5.75 Å². The Bertz CT molecular complexity index is 599. The third-order valence-electron chi connectivity index (χ3n) is 2.44. The monoisotopic (exact) mass is 262 g/mol. The van der Waals surface area contributed by atoms with Gasteiger partial charge in [0.25, 0.3) is 0 Å². The van der Waals surface area contributed by atoms with E-state index in [4.69, 9.17) is 9.84 Å². The van der Waals surface area contributed by atoms with E-state index in [1.807, 2.05) is 0 Å². The maximum atomic E-state index is 13.0. The number of carboxylic acid groups (broad SMARTS) is 1. The van der Waals surface area contributed by atoms with Gasteiger partial charge in [-0.3, -0.25) is 0 Å². The molecule has 2 N–H and O–H groups in total. The minimum Gasteiger partial charge on any atom is -0.497 e. The van der Waals surface area contributed by atoms with Crippen LogP contribution in [-0.2, 0) is 0 Å². The van der Waals surface area contributed by atoms with E-state index < -0.39 is 11.8 Å². The number of carboxylic acids is 1. The van der Waals surface area contributed by atoms with Gasteiger partial charge in [0, 0.05) is 5.69 Å². The lowest BCUT2D eigenvalue weighted by atomic mass is 10.2. The number of pyridine rings is 1. The number of rotatable bonds is 4. The molecule has 19 heavy (non-hydrogen) atoms. The topological polar surface area (TPSA) is 71.5 Å². The van der Waals surface area contributed by atoms with Crippen molar-refractivity contribution >= 4 is 17.5 Å². The van der Waals surface area contributed by atoms with Gasteiger partial charge in [0.2, 0.25) is 0 Å². The predicted octanol–water partition coefficient (Wildman–Crippen LogP) is 2.67. The molecular formula is C13H11FN2O3. The predicted molar refractivity (Wildman–Crippen MR) is 67.4 cm³/mol. The number of benzene rings is 1. The van der Waals surface area contributed by atoms with Crippen LogP contribution in [0.25, 0.3) is 0 Å². The second kappa shape index (κ2) is 5.34. The van der Waals surface area contributed by atoms with Gasteiger partial charge in [0.1, 0.15) is 22.9 Å². The number of anilines is 2. The van der Waals surface area contributed by atoms with E-state index in [0.29, 0.717) is 11.4 Å². The van der Waals surface area contributed by atoms with E-state index in [9.17, 15) is 9.18 Å². The van der Waals surface area contributed by atoms with Gasteiger partial charge in [-0.05, 0) is 30.3 Å². The van der Waals surface area contributed by atoms with Crippen LogP contribution in [0.2, 0.25) is 0 Å². The zero-order valence-electron chi connectivity index (χ0n) is 10.1. The Kier molecular flexibility index (Phi) is 3.61. The highest BCUT2D eigenvalue weighted by Crippen LogP contribution is 2.21. The van der Waals surface area contributed by atoms with Gasteiger partial charge in [0.05, 0.1) is 13.3 Å². The molecule has 0 radical (unpaired) electrons. The number of aromatic nitrogens is 1. The first kappa shape index (κ1) is 12.8. The smallest absolute Gasteiger partial charge is 0.339 e. The molecule has 1 heterocycles. The number of nitrogens with one attached hydrogen (secondary N) is 1. The third-order valence-corrected chi connectivity index (χ3v) is 2.44. The van der Waals surface area contributed by atoms with Gasteiger partial charge in [0.15, 0.2) is 0 Å². The number of ether oxygens (including phenoxy) is 1. The number of halogens is 1. The molecule has 2 aromatic rings. The molecule has 2 rings (SSSR count). The number of nitrogens with zero attached hydrogens (tertiary/aromatic N) is 1. The Balaban J connectivity index is 2.29. The summed E-state index contributed by atoms with van der Waals surface area (Å²) >= 11 is 0. The van der Waals surface area contributed by atoms with Crippen LogP contribution in [0.3, 0.4) is 0 Å². The zero-order chi connectivity index (χ0) is 13.8. The summed E-state index contributed by atoms with van der Waals surface area (Å²) in [6.45, 7) is 0. The molecule has 0 fully saturated rings. The van der Waals surface area contributed by atoms with Crippen LogP contribution < -0.4 is 10.1 Å². The summed E-state index contributed by atoms with van der Waals surface area (Å²) in [6, 6.07) is 7.75. The van der Waals surface area contributed by atoms with Crippen LogP contribution >= 0.6 is 0 Å². The fourth-order valence-electron chi connectivity index (χ4n) is 1.51. The first-order valence-corrected chi connectivity index (χ1v) is 5.40. The average Bonchev–Trinajstić information content (AvgIpc) is 2.41. The Morgan fingerprint density at radius 2 is 2.05 bits per heavy atom. The van der Waals surface area contributed by atoms with E-state index in [0.717, 1.165) is 12.3 Å². The van der Waals surface area contributed by atoms with Gasteiger partial charge in [-0.15, -0.1) is 0 Å². The number of aromatic carboxylic acids is 1. The molecule has 0 amide bonds. The highest BCUT2D eigenvalue weighted by molar-refractivity contribution is 5.93. The molecule has 0 aliphatic heterocycles. The second-order valence-electron chi connectivity index (χ2n) is 3.71. The van der Waals surface area contributed by atoms with Crippen molar-refractivity contribution in [1.82, 2.24) is 4.98 Å². The Labute approximate surface area is 108 Å². The maximum absolute atomic E-state index is 13.0. The zero-order valence-corrected chi connectivity index (χ0v) is 10.1. The second-order valence-corrected chi connectivity index (χ2v) is 3.71. The van der Waals surface area contributed by atoms with Gasteiger partial charge in [-0.25, -0.2) is 14.2 Å². The maximum Gasteiger partial charge on any atom is 0.339 e. The molecule has 0 atom stereocenters. The Morgan fingerprint density at radius 3 is 2.63 bits per heavy atom. The summed E-state index contributed by atoms with van der Waals surface area (Å²) in [5.74, 6) is -1.18. The fraction of sp³-hybridized carbons (Fsp3) is 0.0769. The summed E-state index contributed by atoms with van der Waals surface area (Å²) in [6.07, 6.45) is 0.957. The number of hydrogen-bond acceptors (Lipinski definition) is 4. The molecule has 0 aliphatic rings. The lowest BCUT2D eigenvalue weighted by molar-refractivity contribution is 0.0697. The first-order valence-electron chi connectivity index (χ1n) is 5.40. The average molecular weight is 262 g/mol. The molecule has 0 saturated carbocycles. The van der Waals surface area contributed by atoms with Gasteiger partial charge < -0.3 is 15.2 Å². The third kappa shape index (κ3) is 2.98. The molecule has 0 saturated heterocycles. The first-order chi connectivity index (χ1) is 9.10. The van der Waals surface area contributed by atoms with Crippen molar-refractivity contribution in [3.63, 3.8) is 0 Å². The van der Waals surface area contributed by atoms with Crippen molar-refractivity contribution in [3.8, 4) is 5.75 Å². The van der Waals surface area contributed by atoms with E-state index in [-0.39, 0.29) is 11.4 Å². The normalized spacial score (nSPS) is 10.0. The Hall–Kier alpha value is -2.63. The van der Waals surface area contributed by atoms with E-state index in [1.165, 1.54) is 0 Å². The van der Waals surface area contributed by atoms with Crippen molar-refractivity contribution in [1.29, 1.82) is 0 Å². The highest BCUT2D eigenvalue weighted by Gasteiger charge is 2.13. The molecule has 0 aliphatic carbocycles. The van der Waals surface area contributed by atoms with E-state index >= 15 is 0 Å². The van der Waals surface area contributed by atoms with Crippen molar-refractivity contribution in [2.24, 2.45) is 0 Å². The summed E-state index contributed by atoms with van der Waals surface area (Å²) < 4.78 is 18.0. The summed E-state index contributed by atoms with van der Waals surface area (Å²) in [7, 11) is 1.55. The van der Waals surface area contributed by atoms with E-state index in [2.05, 4.69) is 10.3 Å². The van der Waals surface area contributed by atoms with Gasteiger partial charge in [-0.2, -0.15) is 0 Å². The molecule has 1 aromatic heterocycles. The molecule has 0 unspecified atom stereocenters. The van der Waals surface area contributed by atoms with Crippen molar-refractivity contribution < 1.29 is 19.0 Å². The summed E-state index contributed by atoms with van der Waals surface area (Å²) in [5, 5.41) is 11.8.